The third-order valence-corrected chi connectivity index (χ3v) is 6.31. The summed E-state index contributed by atoms with van der Waals surface area (Å²) in [7, 11) is -3.42. The van der Waals surface area contributed by atoms with Gasteiger partial charge in [0.05, 0.1) is 0 Å². The second-order valence-corrected chi connectivity index (χ2v) is 7.00. The van der Waals surface area contributed by atoms with Gasteiger partial charge in [-0.05, 0) is 11.8 Å². The molecule has 1 saturated carbocycles. The first-order valence-corrected chi connectivity index (χ1v) is 5.26. The average Bonchev–Trinajstić information content (AvgIpc) is 2.05. The minimum Gasteiger partial charge on any atom is -0.227 e. The van der Waals surface area contributed by atoms with Crippen molar-refractivity contribution in [2.45, 2.75) is 23.9 Å². The molecule has 0 spiro atoms. The second kappa shape index (κ2) is 1.76. The van der Waals surface area contributed by atoms with Gasteiger partial charge in [-0.1, -0.05) is 29.8 Å². The van der Waals surface area contributed by atoms with Crippen molar-refractivity contribution in [1.29, 1.82) is 0 Å². The second-order valence-electron chi connectivity index (χ2n) is 3.33. The summed E-state index contributed by atoms with van der Waals surface area (Å²) in [6.45, 7) is 3.73. The molecule has 0 aromatic rings. The van der Waals surface area contributed by atoms with Gasteiger partial charge in [0.15, 0.2) is 0 Å². The van der Waals surface area contributed by atoms with Gasteiger partial charge in [0.1, 0.15) is 3.66 Å². The van der Waals surface area contributed by atoms with Gasteiger partial charge >= 0.3 is 0 Å². The van der Waals surface area contributed by atoms with Crippen LogP contribution in [0, 0.1) is 5.41 Å². The van der Waals surface area contributed by atoms with Crippen LogP contribution in [0.5, 0.6) is 0 Å². The van der Waals surface area contributed by atoms with E-state index in [-0.39, 0.29) is 5.41 Å². The minimum absolute atomic E-state index is 0.208. The highest BCUT2D eigenvalue weighted by atomic mass is 79.9. The van der Waals surface area contributed by atoms with E-state index in [0.29, 0.717) is 6.42 Å². The molecule has 0 aliphatic heterocycles. The van der Waals surface area contributed by atoms with E-state index < -0.39 is 13.7 Å². The Kier molecular flexibility index (Phi) is 1.49. The number of halogens is 1. The summed E-state index contributed by atoms with van der Waals surface area (Å²) in [6, 6.07) is 0. The Bertz CT molecular complexity index is 259. The van der Waals surface area contributed by atoms with Gasteiger partial charge in [-0.15, -0.1) is 0 Å². The van der Waals surface area contributed by atoms with Crippen molar-refractivity contribution >= 4 is 26.0 Å². The summed E-state index contributed by atoms with van der Waals surface area (Å²) in [5.74, 6) is 0. The molecular formula is C5H10BrNO2S. The van der Waals surface area contributed by atoms with E-state index in [0.717, 1.165) is 0 Å². The van der Waals surface area contributed by atoms with E-state index >= 15 is 0 Å². The fraction of sp³-hybridized carbons (Fsp3) is 1.00. The van der Waals surface area contributed by atoms with Crippen LogP contribution in [0.3, 0.4) is 0 Å². The maximum absolute atomic E-state index is 10.9. The van der Waals surface area contributed by atoms with Crippen LogP contribution >= 0.6 is 15.9 Å². The highest BCUT2D eigenvalue weighted by Crippen LogP contribution is 2.63. The standard InChI is InChI=1S/C5H10BrNO2S/c1-4(2)3-5(4,6)10(7,8)9/h3H2,1-2H3,(H2,7,8,9). The van der Waals surface area contributed by atoms with Crippen molar-refractivity contribution in [3.63, 3.8) is 0 Å². The van der Waals surface area contributed by atoms with Crippen molar-refractivity contribution in [2.24, 2.45) is 10.6 Å². The molecule has 1 aliphatic rings. The van der Waals surface area contributed by atoms with Crippen LogP contribution < -0.4 is 5.14 Å². The van der Waals surface area contributed by atoms with Crippen LogP contribution in [0.2, 0.25) is 0 Å². The minimum atomic E-state index is -3.42. The van der Waals surface area contributed by atoms with Gasteiger partial charge in [-0.3, -0.25) is 0 Å². The third kappa shape index (κ3) is 0.914. The summed E-state index contributed by atoms with van der Waals surface area (Å²) in [4.78, 5) is 0. The first-order valence-electron chi connectivity index (χ1n) is 2.92. The zero-order chi connectivity index (χ0) is 8.21. The Morgan fingerprint density at radius 1 is 1.50 bits per heavy atom. The number of nitrogens with two attached hydrogens (primary N) is 1. The first kappa shape index (κ1) is 8.49. The molecule has 0 radical (unpaired) electrons. The van der Waals surface area contributed by atoms with E-state index in [2.05, 4.69) is 15.9 Å². The molecule has 2 N–H and O–H groups in total. The number of rotatable bonds is 1. The Labute approximate surface area is 69.2 Å². The maximum Gasteiger partial charge on any atom is 0.225 e. The lowest BCUT2D eigenvalue weighted by Crippen LogP contribution is -2.28. The molecule has 0 aromatic heterocycles. The topological polar surface area (TPSA) is 60.2 Å². The molecule has 0 saturated heterocycles. The van der Waals surface area contributed by atoms with Crippen LogP contribution in [0.25, 0.3) is 0 Å². The van der Waals surface area contributed by atoms with E-state index in [9.17, 15) is 8.42 Å². The highest BCUT2D eigenvalue weighted by Gasteiger charge is 2.67. The zero-order valence-corrected chi connectivity index (χ0v) is 8.29. The number of hydrogen-bond acceptors (Lipinski definition) is 2. The molecule has 1 atom stereocenters. The normalized spacial score (nSPS) is 37.6. The van der Waals surface area contributed by atoms with Gasteiger partial charge in [0, 0.05) is 0 Å². The van der Waals surface area contributed by atoms with Crippen LogP contribution in [0.15, 0.2) is 0 Å². The lowest BCUT2D eigenvalue weighted by Gasteiger charge is -2.08. The van der Waals surface area contributed by atoms with Gasteiger partial charge in [0.2, 0.25) is 10.0 Å². The average molecular weight is 228 g/mol. The SMILES string of the molecule is CC1(C)CC1(Br)S(N)(=O)=O. The van der Waals surface area contributed by atoms with Crippen molar-refractivity contribution in [3.05, 3.63) is 0 Å². The molecule has 1 rings (SSSR count). The smallest absolute Gasteiger partial charge is 0.225 e. The monoisotopic (exact) mass is 227 g/mol. The quantitative estimate of drug-likeness (QED) is 0.674. The predicted molar refractivity (Wildman–Crippen MR) is 43.2 cm³/mol. The van der Waals surface area contributed by atoms with Gasteiger partial charge in [-0.25, -0.2) is 13.6 Å². The summed E-state index contributed by atoms with van der Waals surface area (Å²) >= 11 is 3.12. The van der Waals surface area contributed by atoms with Crippen LogP contribution in [-0.2, 0) is 10.0 Å². The van der Waals surface area contributed by atoms with E-state index in [1.807, 2.05) is 13.8 Å². The Morgan fingerprint density at radius 3 is 1.80 bits per heavy atom. The number of hydrogen-bond donors (Lipinski definition) is 1. The lowest BCUT2D eigenvalue weighted by atomic mass is 10.2. The molecule has 1 unspecified atom stereocenters. The van der Waals surface area contributed by atoms with Crippen molar-refractivity contribution < 1.29 is 8.42 Å². The largest absolute Gasteiger partial charge is 0.227 e. The first-order chi connectivity index (χ1) is 4.21. The molecule has 10 heavy (non-hydrogen) atoms. The van der Waals surface area contributed by atoms with Crippen molar-refractivity contribution in [1.82, 2.24) is 0 Å². The van der Waals surface area contributed by atoms with E-state index in [1.165, 1.54) is 0 Å². The molecule has 0 aromatic carbocycles. The summed E-state index contributed by atoms with van der Waals surface area (Å²) < 4.78 is 20.9. The maximum atomic E-state index is 10.9. The lowest BCUT2D eigenvalue weighted by molar-refractivity contribution is 0.575. The van der Waals surface area contributed by atoms with Gasteiger partial charge in [0.25, 0.3) is 0 Å². The van der Waals surface area contributed by atoms with Gasteiger partial charge in [-0.2, -0.15) is 0 Å². The number of primary sulfonamides is 1. The van der Waals surface area contributed by atoms with Crippen LogP contribution in [-0.4, -0.2) is 12.1 Å². The van der Waals surface area contributed by atoms with Crippen molar-refractivity contribution in [3.8, 4) is 0 Å². The Hall–Kier alpha value is 0.390. The predicted octanol–water partition coefficient (Wildman–Crippen LogP) is 0.796. The molecule has 5 heteroatoms. The van der Waals surface area contributed by atoms with E-state index in [4.69, 9.17) is 5.14 Å². The molecular weight excluding hydrogens is 218 g/mol. The third-order valence-electron chi connectivity index (χ3n) is 2.01. The fourth-order valence-electron chi connectivity index (χ4n) is 1.01. The molecule has 0 bridgehead atoms. The molecule has 1 fully saturated rings. The summed E-state index contributed by atoms with van der Waals surface area (Å²) in [5.41, 5.74) is -0.208. The van der Waals surface area contributed by atoms with Crippen molar-refractivity contribution in [2.75, 3.05) is 0 Å². The molecule has 0 heterocycles. The Morgan fingerprint density at radius 2 is 1.80 bits per heavy atom. The summed E-state index contributed by atoms with van der Waals surface area (Å²) in [5, 5.41) is 4.98. The van der Waals surface area contributed by atoms with E-state index in [1.54, 1.807) is 0 Å². The van der Waals surface area contributed by atoms with Crippen LogP contribution in [0.1, 0.15) is 20.3 Å². The van der Waals surface area contributed by atoms with Gasteiger partial charge < -0.3 is 0 Å². The molecule has 60 valence electrons. The highest BCUT2D eigenvalue weighted by molar-refractivity contribution is 9.11. The molecule has 0 amide bonds. The van der Waals surface area contributed by atoms with Crippen LogP contribution in [0.4, 0.5) is 0 Å². The fourth-order valence-corrected chi connectivity index (χ4v) is 3.04. The Balaban J connectivity index is 3.00. The molecule has 3 nitrogen and oxygen atoms in total. The molecule has 1 aliphatic carbocycles. The zero-order valence-electron chi connectivity index (χ0n) is 5.89. The summed E-state index contributed by atoms with van der Waals surface area (Å²) in [6.07, 6.45) is 0.596. The number of sulfonamides is 1. The number of alkyl halides is 1.